The molecule has 0 aliphatic carbocycles. The van der Waals surface area contributed by atoms with Crippen LogP contribution in [0.5, 0.6) is 0 Å². The molecule has 0 radical (unpaired) electrons. The van der Waals surface area contributed by atoms with Crippen LogP contribution in [0.4, 0.5) is 5.69 Å². The number of carbonyl (C=O) groups is 2. The van der Waals surface area contributed by atoms with Crippen molar-refractivity contribution in [1.29, 1.82) is 0 Å². The summed E-state index contributed by atoms with van der Waals surface area (Å²) in [6.07, 6.45) is 0. The normalized spacial score (nSPS) is 10.5. The Kier molecular flexibility index (Phi) is 6.49. The van der Waals surface area contributed by atoms with Crippen LogP contribution in [-0.4, -0.2) is 28.3 Å². The number of hydrogen-bond acceptors (Lipinski definition) is 4. The second-order valence-corrected chi connectivity index (χ2v) is 7.21. The topological polar surface area (TPSA) is 73.2 Å². The van der Waals surface area contributed by atoms with Gasteiger partial charge in [0.2, 0.25) is 0 Å². The lowest BCUT2D eigenvalue weighted by molar-refractivity contribution is -0.119. The van der Waals surface area contributed by atoms with Crippen LogP contribution in [0.2, 0.25) is 5.15 Å². The molecule has 0 saturated carbocycles. The van der Waals surface area contributed by atoms with Gasteiger partial charge in [-0.1, -0.05) is 54.1 Å². The highest BCUT2D eigenvalue weighted by molar-refractivity contribution is 9.10. The van der Waals surface area contributed by atoms with Crippen molar-refractivity contribution in [3.63, 3.8) is 0 Å². The van der Waals surface area contributed by atoms with Gasteiger partial charge >= 0.3 is 5.97 Å². The largest absolute Gasteiger partial charge is 0.452 e. The van der Waals surface area contributed by atoms with Crippen molar-refractivity contribution in [2.45, 2.75) is 13.5 Å². The highest BCUT2D eigenvalue weighted by Crippen LogP contribution is 2.23. The van der Waals surface area contributed by atoms with E-state index >= 15 is 0 Å². The second-order valence-electron chi connectivity index (χ2n) is 6.00. The number of anilines is 1. The predicted molar refractivity (Wildman–Crippen MR) is 111 cm³/mol. The number of nitrogens with one attached hydrogen (secondary N) is 1. The lowest BCUT2D eigenvalue weighted by atomic mass is 10.2. The van der Waals surface area contributed by atoms with Crippen LogP contribution in [0.15, 0.2) is 59.1 Å². The molecule has 0 aliphatic heterocycles. The number of ether oxygens (including phenoxy) is 1. The summed E-state index contributed by atoms with van der Waals surface area (Å²) in [4.78, 5) is 24.5. The molecule has 0 atom stereocenters. The molecule has 0 aliphatic rings. The first kappa shape index (κ1) is 20.1. The number of nitrogens with zero attached hydrogens (tertiary/aromatic N) is 2. The van der Waals surface area contributed by atoms with Gasteiger partial charge in [0.1, 0.15) is 10.7 Å². The fourth-order valence-corrected chi connectivity index (χ4v) is 3.29. The summed E-state index contributed by atoms with van der Waals surface area (Å²) >= 11 is 9.67. The Morgan fingerprint density at radius 1 is 1.14 bits per heavy atom. The second kappa shape index (κ2) is 9.03. The van der Waals surface area contributed by atoms with Crippen LogP contribution in [0.25, 0.3) is 0 Å². The van der Waals surface area contributed by atoms with Crippen molar-refractivity contribution in [1.82, 2.24) is 9.78 Å². The van der Waals surface area contributed by atoms with Crippen LogP contribution < -0.4 is 5.32 Å². The van der Waals surface area contributed by atoms with E-state index < -0.39 is 18.5 Å². The number of hydrogen-bond donors (Lipinski definition) is 1. The number of amides is 1. The van der Waals surface area contributed by atoms with E-state index in [1.807, 2.05) is 36.4 Å². The lowest BCUT2D eigenvalue weighted by Gasteiger charge is -2.08. The van der Waals surface area contributed by atoms with Crippen molar-refractivity contribution >= 4 is 45.1 Å². The van der Waals surface area contributed by atoms with Gasteiger partial charge in [-0.15, -0.1) is 0 Å². The van der Waals surface area contributed by atoms with Crippen LogP contribution in [0, 0.1) is 6.92 Å². The summed E-state index contributed by atoms with van der Waals surface area (Å²) in [6.45, 7) is 1.67. The number of aryl methyl sites for hydroxylation is 1. The van der Waals surface area contributed by atoms with E-state index in [0.717, 1.165) is 10.0 Å². The lowest BCUT2D eigenvalue weighted by Crippen LogP contribution is -2.21. The van der Waals surface area contributed by atoms with Crippen LogP contribution >= 0.6 is 27.5 Å². The molecule has 0 saturated heterocycles. The minimum Gasteiger partial charge on any atom is -0.452 e. The quantitative estimate of drug-likeness (QED) is 0.549. The Balaban J connectivity index is 1.64. The van der Waals surface area contributed by atoms with Crippen molar-refractivity contribution in [2.24, 2.45) is 0 Å². The van der Waals surface area contributed by atoms with Gasteiger partial charge in [-0.05, 0) is 40.5 Å². The van der Waals surface area contributed by atoms with E-state index in [1.165, 1.54) is 4.68 Å². The summed E-state index contributed by atoms with van der Waals surface area (Å²) in [5, 5.41) is 7.16. The molecule has 144 valence electrons. The van der Waals surface area contributed by atoms with Gasteiger partial charge in [-0.2, -0.15) is 5.10 Å². The van der Waals surface area contributed by atoms with Gasteiger partial charge in [-0.25, -0.2) is 9.48 Å². The number of halogens is 2. The van der Waals surface area contributed by atoms with E-state index in [4.69, 9.17) is 16.3 Å². The Morgan fingerprint density at radius 2 is 1.82 bits per heavy atom. The molecule has 3 aromatic rings. The number of carbonyl (C=O) groups excluding carboxylic acids is 2. The number of rotatable bonds is 6. The van der Waals surface area contributed by atoms with Gasteiger partial charge in [0.25, 0.3) is 5.91 Å². The van der Waals surface area contributed by atoms with E-state index in [2.05, 4.69) is 26.3 Å². The zero-order valence-electron chi connectivity index (χ0n) is 15.0. The molecule has 0 fully saturated rings. The Hall–Kier alpha value is -2.64. The average Bonchev–Trinajstić information content (AvgIpc) is 2.96. The molecule has 1 aromatic heterocycles. The maximum atomic E-state index is 12.4. The minimum atomic E-state index is -0.691. The van der Waals surface area contributed by atoms with E-state index in [9.17, 15) is 9.59 Å². The molecule has 1 amide bonds. The third-order valence-electron chi connectivity index (χ3n) is 3.93. The zero-order chi connectivity index (χ0) is 20.1. The first-order valence-electron chi connectivity index (χ1n) is 8.44. The summed E-state index contributed by atoms with van der Waals surface area (Å²) in [5.41, 5.74) is 2.19. The molecule has 1 heterocycles. The van der Waals surface area contributed by atoms with E-state index in [-0.39, 0.29) is 10.7 Å². The summed E-state index contributed by atoms with van der Waals surface area (Å²) in [7, 11) is 0. The van der Waals surface area contributed by atoms with E-state index in [0.29, 0.717) is 17.9 Å². The monoisotopic (exact) mass is 461 g/mol. The molecule has 2 aromatic carbocycles. The predicted octanol–water partition coefficient (Wildman–Crippen LogP) is 4.45. The highest BCUT2D eigenvalue weighted by atomic mass is 79.9. The smallest absolute Gasteiger partial charge is 0.343 e. The van der Waals surface area contributed by atoms with Crippen molar-refractivity contribution in [3.05, 3.63) is 81.0 Å². The van der Waals surface area contributed by atoms with Crippen LogP contribution in [-0.2, 0) is 16.1 Å². The molecular weight excluding hydrogens is 446 g/mol. The average molecular weight is 463 g/mol. The number of aromatic nitrogens is 2. The SMILES string of the molecule is Cc1nn(Cc2ccccc2)c(Cl)c1C(=O)OCC(=O)Nc1ccccc1Br. The van der Waals surface area contributed by atoms with Crippen LogP contribution in [0.1, 0.15) is 21.6 Å². The van der Waals surface area contributed by atoms with Gasteiger partial charge in [0, 0.05) is 4.47 Å². The number of benzene rings is 2. The molecule has 28 heavy (non-hydrogen) atoms. The maximum absolute atomic E-state index is 12.4. The van der Waals surface area contributed by atoms with E-state index in [1.54, 1.807) is 25.1 Å². The van der Waals surface area contributed by atoms with Gasteiger partial charge in [0.05, 0.1) is 17.9 Å². The van der Waals surface area contributed by atoms with Crippen molar-refractivity contribution < 1.29 is 14.3 Å². The van der Waals surface area contributed by atoms with Gasteiger partial charge in [-0.3, -0.25) is 4.79 Å². The Labute approximate surface area is 175 Å². The fourth-order valence-electron chi connectivity index (χ4n) is 2.60. The Morgan fingerprint density at radius 3 is 2.54 bits per heavy atom. The van der Waals surface area contributed by atoms with Crippen molar-refractivity contribution in [2.75, 3.05) is 11.9 Å². The summed E-state index contributed by atoms with van der Waals surface area (Å²) < 4.78 is 7.39. The fraction of sp³-hybridized carbons (Fsp3) is 0.150. The molecule has 6 nitrogen and oxygen atoms in total. The molecule has 0 unspecified atom stereocenters. The maximum Gasteiger partial charge on any atom is 0.343 e. The molecular formula is C20H17BrClN3O3. The van der Waals surface area contributed by atoms with Crippen molar-refractivity contribution in [3.8, 4) is 0 Å². The number of para-hydroxylation sites is 1. The highest BCUT2D eigenvalue weighted by Gasteiger charge is 2.22. The Bertz CT molecular complexity index is 1010. The first-order chi connectivity index (χ1) is 13.5. The first-order valence-corrected chi connectivity index (χ1v) is 9.61. The third-order valence-corrected chi connectivity index (χ3v) is 5.00. The van der Waals surface area contributed by atoms with Gasteiger partial charge < -0.3 is 10.1 Å². The van der Waals surface area contributed by atoms with Crippen LogP contribution in [0.3, 0.4) is 0 Å². The molecule has 0 bridgehead atoms. The number of esters is 1. The molecule has 3 rings (SSSR count). The summed E-state index contributed by atoms with van der Waals surface area (Å²) in [5.74, 6) is -1.14. The standard InChI is InChI=1S/C20H17BrClN3O3/c1-13-18(19(22)25(24-13)11-14-7-3-2-4-8-14)20(27)28-12-17(26)23-16-10-6-5-9-15(16)21/h2-10H,11-12H2,1H3,(H,23,26). The third kappa shape index (κ3) is 4.79. The minimum absolute atomic E-state index is 0.159. The molecule has 1 N–H and O–H groups in total. The van der Waals surface area contributed by atoms with Gasteiger partial charge in [0.15, 0.2) is 6.61 Å². The molecule has 8 heteroatoms. The zero-order valence-corrected chi connectivity index (χ0v) is 17.3. The molecule has 0 spiro atoms. The summed E-state index contributed by atoms with van der Waals surface area (Å²) in [6, 6.07) is 16.8.